The number of ketones is 1. The highest BCUT2D eigenvalue weighted by atomic mass is 16.6. The van der Waals surface area contributed by atoms with E-state index in [2.05, 4.69) is 5.32 Å². The van der Waals surface area contributed by atoms with Gasteiger partial charge in [0, 0.05) is 12.1 Å². The molecule has 0 aliphatic rings. The molecule has 0 unspecified atom stereocenters. The maximum atomic E-state index is 11.4. The molecule has 0 radical (unpaired) electrons. The molecule has 0 saturated carbocycles. The molecule has 0 saturated heterocycles. The first-order valence-corrected chi connectivity index (χ1v) is 5.51. The van der Waals surface area contributed by atoms with Crippen LogP contribution < -0.4 is 10.1 Å². The molecule has 8 nitrogen and oxygen atoms in total. The largest absolute Gasteiger partial charge is 0.483 e. The number of nitrogens with one attached hydrogen (secondary N) is 1. The van der Waals surface area contributed by atoms with Crippen molar-refractivity contribution in [3.8, 4) is 11.8 Å². The van der Waals surface area contributed by atoms with E-state index in [1.54, 1.807) is 6.07 Å². The smallest absolute Gasteiger partial charge is 0.270 e. The van der Waals surface area contributed by atoms with Crippen LogP contribution in [0.4, 0.5) is 5.69 Å². The molecule has 0 heterocycles. The van der Waals surface area contributed by atoms with Gasteiger partial charge < -0.3 is 10.1 Å². The Hall–Kier alpha value is -2.95. The number of nitro benzene ring substituents is 1. The summed E-state index contributed by atoms with van der Waals surface area (Å²) < 4.78 is 5.13. The van der Waals surface area contributed by atoms with E-state index in [0.717, 1.165) is 6.07 Å². The molecule has 0 spiro atoms. The highest BCUT2D eigenvalue weighted by Gasteiger charge is 2.15. The van der Waals surface area contributed by atoms with Crippen molar-refractivity contribution < 1.29 is 19.2 Å². The number of carbonyl (C=O) groups excluding carboxylic acids is 2. The van der Waals surface area contributed by atoms with Crippen LogP contribution in [0.3, 0.4) is 0 Å². The number of hydrogen-bond donors (Lipinski definition) is 1. The van der Waals surface area contributed by atoms with E-state index in [4.69, 9.17) is 10.00 Å². The Kier molecular flexibility index (Phi) is 5.17. The Bertz CT molecular complexity index is 591. The molecule has 1 aromatic rings. The number of nitriles is 1. The summed E-state index contributed by atoms with van der Waals surface area (Å²) in [6.45, 7) is 0.698. The Morgan fingerprint density at radius 2 is 2.20 bits per heavy atom. The van der Waals surface area contributed by atoms with Gasteiger partial charge in [-0.25, -0.2) is 0 Å². The molecule has 8 heteroatoms. The van der Waals surface area contributed by atoms with Crippen LogP contribution in [-0.2, 0) is 4.79 Å². The van der Waals surface area contributed by atoms with Crippen molar-refractivity contribution in [2.45, 2.75) is 6.92 Å². The number of ether oxygens (including phenoxy) is 1. The zero-order valence-electron chi connectivity index (χ0n) is 10.6. The van der Waals surface area contributed by atoms with Crippen LogP contribution in [0.5, 0.6) is 5.75 Å². The lowest BCUT2D eigenvalue weighted by molar-refractivity contribution is -0.384. The number of nitrogens with zero attached hydrogens (tertiary/aromatic N) is 2. The summed E-state index contributed by atoms with van der Waals surface area (Å²) in [5.74, 6) is -0.865. The van der Waals surface area contributed by atoms with Crippen LogP contribution in [0.25, 0.3) is 0 Å². The molecule has 0 fully saturated rings. The summed E-state index contributed by atoms with van der Waals surface area (Å²) in [5, 5.41) is 21.2. The Morgan fingerprint density at radius 1 is 1.50 bits per heavy atom. The minimum atomic E-state index is -0.629. The molecule has 0 bridgehead atoms. The van der Waals surface area contributed by atoms with Crippen molar-refractivity contribution in [3.63, 3.8) is 0 Å². The van der Waals surface area contributed by atoms with Crippen molar-refractivity contribution in [2.75, 3.05) is 13.2 Å². The van der Waals surface area contributed by atoms with Crippen LogP contribution in [0, 0.1) is 21.4 Å². The first-order chi connectivity index (χ1) is 9.45. The summed E-state index contributed by atoms with van der Waals surface area (Å²) in [6, 6.07) is 5.25. The van der Waals surface area contributed by atoms with Gasteiger partial charge in [-0.2, -0.15) is 5.26 Å². The number of hydrogen-bond acceptors (Lipinski definition) is 6. The third-order valence-corrected chi connectivity index (χ3v) is 2.28. The molecule has 1 aromatic carbocycles. The van der Waals surface area contributed by atoms with Gasteiger partial charge >= 0.3 is 0 Å². The summed E-state index contributed by atoms with van der Waals surface area (Å²) in [7, 11) is 0. The number of non-ortho nitro benzene ring substituents is 1. The molecule has 0 aliphatic heterocycles. The highest BCUT2D eigenvalue weighted by molar-refractivity contribution is 5.97. The van der Waals surface area contributed by atoms with Crippen LogP contribution in [-0.4, -0.2) is 29.8 Å². The third kappa shape index (κ3) is 4.06. The fraction of sp³-hybridized carbons (Fsp3) is 0.250. The summed E-state index contributed by atoms with van der Waals surface area (Å²) in [6.07, 6.45) is 0. The fourth-order valence-electron chi connectivity index (χ4n) is 1.36. The molecule has 0 aromatic heterocycles. The van der Waals surface area contributed by atoms with Gasteiger partial charge in [-0.15, -0.1) is 0 Å². The van der Waals surface area contributed by atoms with E-state index >= 15 is 0 Å². The van der Waals surface area contributed by atoms with Crippen LogP contribution in [0.1, 0.15) is 17.3 Å². The van der Waals surface area contributed by atoms with Crippen molar-refractivity contribution in [1.29, 1.82) is 5.26 Å². The zero-order valence-corrected chi connectivity index (χ0v) is 10.6. The lowest BCUT2D eigenvalue weighted by atomic mass is 10.1. The number of rotatable bonds is 6. The number of carbonyl (C=O) groups is 2. The number of Topliss-reactive ketones (excluding diaryl/α,β-unsaturated/α-hetero) is 1. The maximum Gasteiger partial charge on any atom is 0.270 e. The minimum Gasteiger partial charge on any atom is -0.483 e. The third-order valence-electron chi connectivity index (χ3n) is 2.28. The summed E-state index contributed by atoms with van der Waals surface area (Å²) in [4.78, 5) is 32.7. The molecule has 0 aliphatic carbocycles. The van der Waals surface area contributed by atoms with E-state index in [9.17, 15) is 19.7 Å². The second-order valence-corrected chi connectivity index (χ2v) is 3.72. The average Bonchev–Trinajstić information content (AvgIpc) is 2.42. The van der Waals surface area contributed by atoms with Gasteiger partial charge in [-0.3, -0.25) is 19.7 Å². The van der Waals surface area contributed by atoms with Crippen LogP contribution in [0.15, 0.2) is 18.2 Å². The number of nitro groups is 1. The standard InChI is InChI=1S/C12H11N3O5/c1-8(16)10-6-9(15(18)19)2-3-11(10)20-7-12(17)14-5-4-13/h2-3,6H,5,7H2,1H3,(H,14,17). The topological polar surface area (TPSA) is 122 Å². The van der Waals surface area contributed by atoms with Crippen molar-refractivity contribution in [2.24, 2.45) is 0 Å². The lowest BCUT2D eigenvalue weighted by Crippen LogP contribution is -2.29. The monoisotopic (exact) mass is 277 g/mol. The zero-order chi connectivity index (χ0) is 15.1. The number of amides is 1. The number of benzene rings is 1. The molecule has 1 amide bonds. The second-order valence-electron chi connectivity index (χ2n) is 3.72. The Labute approximate surface area is 114 Å². The molecule has 104 valence electrons. The van der Waals surface area contributed by atoms with Crippen LogP contribution in [0.2, 0.25) is 0 Å². The lowest BCUT2D eigenvalue weighted by Gasteiger charge is -2.09. The van der Waals surface area contributed by atoms with Gasteiger partial charge in [-0.05, 0) is 13.0 Å². The molecule has 1 N–H and O–H groups in total. The first kappa shape index (κ1) is 15.1. The predicted molar refractivity (Wildman–Crippen MR) is 67.2 cm³/mol. The molecule has 1 rings (SSSR count). The van der Waals surface area contributed by atoms with Crippen molar-refractivity contribution in [3.05, 3.63) is 33.9 Å². The SMILES string of the molecule is CC(=O)c1cc([N+](=O)[O-])ccc1OCC(=O)NCC#N. The highest BCUT2D eigenvalue weighted by Crippen LogP contribution is 2.24. The first-order valence-electron chi connectivity index (χ1n) is 5.51. The van der Waals surface area contributed by atoms with Crippen molar-refractivity contribution in [1.82, 2.24) is 5.32 Å². The normalized spacial score (nSPS) is 9.40. The van der Waals surface area contributed by atoms with E-state index in [1.165, 1.54) is 19.1 Å². The maximum absolute atomic E-state index is 11.4. The van der Waals surface area contributed by atoms with Crippen molar-refractivity contribution >= 4 is 17.4 Å². The van der Waals surface area contributed by atoms with Gasteiger partial charge in [-0.1, -0.05) is 0 Å². The second kappa shape index (κ2) is 6.84. The van der Waals surface area contributed by atoms with E-state index in [1.807, 2.05) is 0 Å². The predicted octanol–water partition coefficient (Wildman–Crippen LogP) is 0.816. The van der Waals surface area contributed by atoms with E-state index in [-0.39, 0.29) is 30.2 Å². The fourth-order valence-corrected chi connectivity index (χ4v) is 1.36. The van der Waals surface area contributed by atoms with Gasteiger partial charge in [0.05, 0.1) is 16.6 Å². The van der Waals surface area contributed by atoms with Gasteiger partial charge in [0.1, 0.15) is 12.3 Å². The molecule has 0 atom stereocenters. The Morgan fingerprint density at radius 3 is 2.75 bits per heavy atom. The Balaban J connectivity index is 2.85. The average molecular weight is 277 g/mol. The van der Waals surface area contributed by atoms with Crippen LogP contribution >= 0.6 is 0 Å². The van der Waals surface area contributed by atoms with Gasteiger partial charge in [0.15, 0.2) is 12.4 Å². The van der Waals surface area contributed by atoms with Gasteiger partial charge in [0.2, 0.25) is 0 Å². The summed E-state index contributed by atoms with van der Waals surface area (Å²) >= 11 is 0. The molecule has 20 heavy (non-hydrogen) atoms. The quantitative estimate of drug-likeness (QED) is 0.355. The summed E-state index contributed by atoms with van der Waals surface area (Å²) in [5.41, 5.74) is -0.219. The minimum absolute atomic E-state index is 0.0206. The molecular weight excluding hydrogens is 266 g/mol. The van der Waals surface area contributed by atoms with E-state index in [0.29, 0.717) is 0 Å². The van der Waals surface area contributed by atoms with Gasteiger partial charge in [0.25, 0.3) is 11.6 Å². The van der Waals surface area contributed by atoms with E-state index < -0.39 is 16.6 Å². The molecular formula is C12H11N3O5.